The van der Waals surface area contributed by atoms with Gasteiger partial charge in [0.15, 0.2) is 0 Å². The van der Waals surface area contributed by atoms with Gasteiger partial charge in [0.1, 0.15) is 0 Å². The fourth-order valence-electron chi connectivity index (χ4n) is 0.0743. The average Bonchev–Trinajstić information content (AvgIpc) is 1.35. The lowest BCUT2D eigenvalue weighted by Crippen LogP contribution is -1.83. The van der Waals surface area contributed by atoms with E-state index in [1.54, 1.807) is 0 Å². The quantitative estimate of drug-likeness (QED) is 0.448. The molecule has 7 heavy (non-hydrogen) atoms. The fourth-order valence-corrected chi connectivity index (χ4v) is 0.437. The molecule has 0 spiro atoms. The second-order valence-electron chi connectivity index (χ2n) is 0.794. The SMILES string of the molecule is Cl.O=C(Cl)CCCl. The van der Waals surface area contributed by atoms with Crippen LogP contribution in [-0.2, 0) is 4.79 Å². The van der Waals surface area contributed by atoms with Gasteiger partial charge in [-0.1, -0.05) is 0 Å². The molecule has 0 aliphatic rings. The minimum atomic E-state index is -0.370. The molecule has 0 aliphatic heterocycles. The Balaban J connectivity index is 0. The lowest BCUT2D eigenvalue weighted by Gasteiger charge is -1.76. The molecular formula is C3H5Cl3O. The molecule has 0 amide bonds. The van der Waals surface area contributed by atoms with Gasteiger partial charge >= 0.3 is 0 Å². The number of rotatable bonds is 2. The highest BCUT2D eigenvalue weighted by molar-refractivity contribution is 6.63. The molecule has 0 saturated carbocycles. The number of hydrogen-bond donors (Lipinski definition) is 0. The van der Waals surface area contributed by atoms with Crippen LogP contribution < -0.4 is 0 Å². The van der Waals surface area contributed by atoms with Crippen LogP contribution in [0.5, 0.6) is 0 Å². The zero-order valence-corrected chi connectivity index (χ0v) is 5.81. The first-order chi connectivity index (χ1) is 2.77. The van der Waals surface area contributed by atoms with Crippen molar-refractivity contribution in [1.82, 2.24) is 0 Å². The Morgan fingerprint density at radius 3 is 2.00 bits per heavy atom. The maximum Gasteiger partial charge on any atom is 0.222 e. The Morgan fingerprint density at radius 1 is 1.57 bits per heavy atom. The minimum absolute atomic E-state index is 0. The Bertz CT molecular complexity index is 54.1. The maximum atomic E-state index is 9.72. The van der Waals surface area contributed by atoms with Crippen molar-refractivity contribution >= 4 is 40.9 Å². The summed E-state index contributed by atoms with van der Waals surface area (Å²) in [5.41, 5.74) is 0. The lowest BCUT2D eigenvalue weighted by atomic mass is 10.6. The number of hydrogen-bond acceptors (Lipinski definition) is 1. The molecule has 0 rings (SSSR count). The van der Waals surface area contributed by atoms with E-state index in [0.717, 1.165) is 0 Å². The van der Waals surface area contributed by atoms with Crippen molar-refractivity contribution in [3.63, 3.8) is 0 Å². The molecule has 0 aromatic carbocycles. The van der Waals surface area contributed by atoms with Gasteiger partial charge in [-0.3, -0.25) is 4.79 Å². The second kappa shape index (κ2) is 6.54. The zero-order valence-electron chi connectivity index (χ0n) is 3.49. The molecule has 0 bridgehead atoms. The van der Waals surface area contributed by atoms with Crippen LogP contribution >= 0.6 is 35.6 Å². The van der Waals surface area contributed by atoms with Crippen LogP contribution in [0.2, 0.25) is 0 Å². The van der Waals surface area contributed by atoms with Gasteiger partial charge in [-0.15, -0.1) is 24.0 Å². The predicted molar refractivity (Wildman–Crippen MR) is 33.4 cm³/mol. The van der Waals surface area contributed by atoms with Crippen molar-refractivity contribution in [2.45, 2.75) is 6.42 Å². The molecule has 0 atom stereocenters. The van der Waals surface area contributed by atoms with Crippen LogP contribution in [0.1, 0.15) is 6.42 Å². The zero-order chi connectivity index (χ0) is 4.99. The summed E-state index contributed by atoms with van der Waals surface area (Å²) in [4.78, 5) is 9.72. The molecule has 0 N–H and O–H groups in total. The molecule has 0 aromatic rings. The molecule has 1 nitrogen and oxygen atoms in total. The normalized spacial score (nSPS) is 7.14. The van der Waals surface area contributed by atoms with Crippen LogP contribution in [0.4, 0.5) is 0 Å². The van der Waals surface area contributed by atoms with Crippen molar-refractivity contribution < 1.29 is 4.79 Å². The standard InChI is InChI=1S/C3H4Cl2O.ClH/c4-2-1-3(5)6;/h1-2H2;1H. The van der Waals surface area contributed by atoms with E-state index in [9.17, 15) is 4.79 Å². The smallest absolute Gasteiger partial charge is 0.222 e. The first-order valence-corrected chi connectivity index (χ1v) is 2.43. The summed E-state index contributed by atoms with van der Waals surface area (Å²) in [7, 11) is 0. The summed E-state index contributed by atoms with van der Waals surface area (Å²) in [6.07, 6.45) is 0.267. The Kier molecular flexibility index (Phi) is 9.82. The van der Waals surface area contributed by atoms with E-state index in [-0.39, 0.29) is 24.1 Å². The van der Waals surface area contributed by atoms with E-state index in [2.05, 4.69) is 0 Å². The van der Waals surface area contributed by atoms with Gasteiger partial charge in [0.05, 0.1) is 0 Å². The Morgan fingerprint density at radius 2 is 2.00 bits per heavy atom. The summed E-state index contributed by atoms with van der Waals surface area (Å²) < 4.78 is 0. The summed E-state index contributed by atoms with van der Waals surface area (Å²) in [6, 6.07) is 0. The molecule has 0 aromatic heterocycles. The molecule has 44 valence electrons. The predicted octanol–water partition coefficient (Wildman–Crippen LogP) is 1.80. The lowest BCUT2D eigenvalue weighted by molar-refractivity contribution is -0.111. The van der Waals surface area contributed by atoms with Crippen LogP contribution in [0.15, 0.2) is 0 Å². The van der Waals surface area contributed by atoms with Crippen LogP contribution in [0.25, 0.3) is 0 Å². The molecule has 0 heterocycles. The third-order valence-electron chi connectivity index (χ3n) is 0.291. The first-order valence-electron chi connectivity index (χ1n) is 1.51. The van der Waals surface area contributed by atoms with E-state index >= 15 is 0 Å². The molecule has 0 aliphatic carbocycles. The highest BCUT2D eigenvalue weighted by Crippen LogP contribution is 1.88. The number of halogens is 3. The van der Waals surface area contributed by atoms with E-state index < -0.39 is 0 Å². The van der Waals surface area contributed by atoms with E-state index in [1.807, 2.05) is 0 Å². The van der Waals surface area contributed by atoms with Crippen molar-refractivity contribution in [2.24, 2.45) is 0 Å². The third kappa shape index (κ3) is 10.8. The molecule has 0 saturated heterocycles. The fraction of sp³-hybridized carbons (Fsp3) is 0.667. The summed E-state index contributed by atoms with van der Waals surface area (Å²) in [6.45, 7) is 0. The number of carbonyl (C=O) groups is 1. The number of alkyl halides is 1. The monoisotopic (exact) mass is 162 g/mol. The van der Waals surface area contributed by atoms with Crippen LogP contribution in [0.3, 0.4) is 0 Å². The van der Waals surface area contributed by atoms with Gasteiger partial charge in [0.25, 0.3) is 0 Å². The van der Waals surface area contributed by atoms with E-state index in [4.69, 9.17) is 23.2 Å². The maximum absolute atomic E-state index is 9.72. The summed E-state index contributed by atoms with van der Waals surface area (Å²) in [5.74, 6) is 0.322. The van der Waals surface area contributed by atoms with Crippen LogP contribution in [0, 0.1) is 0 Å². The van der Waals surface area contributed by atoms with Crippen molar-refractivity contribution in [1.29, 1.82) is 0 Å². The van der Waals surface area contributed by atoms with Crippen molar-refractivity contribution in [3.8, 4) is 0 Å². The van der Waals surface area contributed by atoms with Gasteiger partial charge in [-0.25, -0.2) is 0 Å². The Labute approximate surface area is 58.4 Å². The van der Waals surface area contributed by atoms with E-state index in [0.29, 0.717) is 5.88 Å². The Hall–Kier alpha value is 0.540. The summed E-state index contributed by atoms with van der Waals surface area (Å²) >= 11 is 9.95. The molecule has 0 unspecified atom stereocenters. The van der Waals surface area contributed by atoms with Gasteiger partial charge < -0.3 is 0 Å². The second-order valence-corrected chi connectivity index (χ2v) is 1.59. The highest BCUT2D eigenvalue weighted by Gasteiger charge is 1.88. The molecule has 0 fully saturated rings. The summed E-state index contributed by atoms with van der Waals surface area (Å²) in [5, 5.41) is -0.370. The van der Waals surface area contributed by atoms with Gasteiger partial charge in [0, 0.05) is 12.3 Å². The first kappa shape index (κ1) is 10.5. The minimum Gasteiger partial charge on any atom is -0.281 e. The van der Waals surface area contributed by atoms with E-state index in [1.165, 1.54) is 0 Å². The van der Waals surface area contributed by atoms with Crippen molar-refractivity contribution in [3.05, 3.63) is 0 Å². The largest absolute Gasteiger partial charge is 0.281 e. The van der Waals surface area contributed by atoms with Gasteiger partial charge in [-0.05, 0) is 11.6 Å². The molecular weight excluding hydrogens is 158 g/mol. The molecule has 0 radical (unpaired) electrons. The van der Waals surface area contributed by atoms with Crippen molar-refractivity contribution in [2.75, 3.05) is 5.88 Å². The topological polar surface area (TPSA) is 17.1 Å². The third-order valence-corrected chi connectivity index (χ3v) is 0.669. The van der Waals surface area contributed by atoms with Gasteiger partial charge in [0.2, 0.25) is 5.24 Å². The van der Waals surface area contributed by atoms with Gasteiger partial charge in [-0.2, -0.15) is 0 Å². The molecule has 4 heteroatoms. The number of carbonyl (C=O) groups excluding carboxylic acids is 1. The van der Waals surface area contributed by atoms with Crippen LogP contribution in [-0.4, -0.2) is 11.1 Å². The highest BCUT2D eigenvalue weighted by atomic mass is 35.5. The average molecular weight is 163 g/mol.